The lowest BCUT2D eigenvalue weighted by Crippen LogP contribution is -2.36. The second kappa shape index (κ2) is 6.44. The SMILES string of the molecule is CN1C=C(Cc2cc(C(C)(C)C)c(O)c(C(C)(C)C)c2)CN(C)C1. The van der Waals surface area contributed by atoms with Crippen LogP contribution in [0.3, 0.4) is 0 Å². The van der Waals surface area contributed by atoms with Crippen molar-refractivity contribution >= 4 is 0 Å². The highest BCUT2D eigenvalue weighted by atomic mass is 16.3. The summed E-state index contributed by atoms with van der Waals surface area (Å²) < 4.78 is 0. The van der Waals surface area contributed by atoms with Gasteiger partial charge in [-0.25, -0.2) is 0 Å². The topological polar surface area (TPSA) is 26.7 Å². The number of phenols is 1. The number of rotatable bonds is 2. The van der Waals surface area contributed by atoms with E-state index in [2.05, 4.69) is 83.8 Å². The van der Waals surface area contributed by atoms with Crippen molar-refractivity contribution in [2.45, 2.75) is 58.8 Å². The lowest BCUT2D eigenvalue weighted by atomic mass is 9.78. The second-order valence-corrected chi connectivity index (χ2v) is 9.42. The van der Waals surface area contributed by atoms with Crippen LogP contribution < -0.4 is 0 Å². The third-order valence-corrected chi connectivity index (χ3v) is 4.56. The lowest BCUT2D eigenvalue weighted by Gasteiger charge is -2.32. The highest BCUT2D eigenvalue weighted by Gasteiger charge is 2.26. The first kappa shape index (κ1) is 18.9. The molecule has 1 aliphatic heterocycles. The summed E-state index contributed by atoms with van der Waals surface area (Å²) in [7, 11) is 4.27. The summed E-state index contributed by atoms with van der Waals surface area (Å²) in [5.41, 5.74) is 4.64. The highest BCUT2D eigenvalue weighted by molar-refractivity contribution is 5.50. The van der Waals surface area contributed by atoms with E-state index in [9.17, 15) is 5.11 Å². The number of benzene rings is 1. The van der Waals surface area contributed by atoms with Gasteiger partial charge in [0.1, 0.15) is 5.75 Å². The molecule has 24 heavy (non-hydrogen) atoms. The molecule has 0 radical (unpaired) electrons. The van der Waals surface area contributed by atoms with Crippen LogP contribution in [0.1, 0.15) is 58.2 Å². The second-order valence-electron chi connectivity index (χ2n) is 9.42. The summed E-state index contributed by atoms with van der Waals surface area (Å²) in [6, 6.07) is 4.39. The van der Waals surface area contributed by atoms with Crippen LogP contribution in [0.25, 0.3) is 0 Å². The Morgan fingerprint density at radius 1 is 0.958 bits per heavy atom. The molecule has 0 amide bonds. The van der Waals surface area contributed by atoms with E-state index >= 15 is 0 Å². The summed E-state index contributed by atoms with van der Waals surface area (Å²) >= 11 is 0. The monoisotopic (exact) mass is 330 g/mol. The van der Waals surface area contributed by atoms with Gasteiger partial charge in [-0.3, -0.25) is 4.90 Å². The minimum absolute atomic E-state index is 0.0748. The van der Waals surface area contributed by atoms with E-state index in [0.717, 1.165) is 30.8 Å². The van der Waals surface area contributed by atoms with Gasteiger partial charge in [0.05, 0.1) is 6.67 Å². The van der Waals surface area contributed by atoms with Crippen LogP contribution in [0.15, 0.2) is 23.9 Å². The largest absolute Gasteiger partial charge is 0.507 e. The molecule has 0 aliphatic carbocycles. The van der Waals surface area contributed by atoms with Gasteiger partial charge < -0.3 is 10.0 Å². The van der Waals surface area contributed by atoms with Crippen LogP contribution in [-0.4, -0.2) is 42.2 Å². The average Bonchev–Trinajstić information content (AvgIpc) is 2.36. The normalized spacial score (nSPS) is 17.2. The summed E-state index contributed by atoms with van der Waals surface area (Å²) in [5.74, 6) is 0.464. The van der Waals surface area contributed by atoms with Crippen molar-refractivity contribution in [3.05, 3.63) is 40.6 Å². The van der Waals surface area contributed by atoms with Crippen molar-refractivity contribution in [2.24, 2.45) is 0 Å². The Labute approximate surface area is 148 Å². The van der Waals surface area contributed by atoms with Crippen LogP contribution in [0.5, 0.6) is 5.75 Å². The van der Waals surface area contributed by atoms with E-state index in [-0.39, 0.29) is 10.8 Å². The Balaban J connectivity index is 2.47. The molecule has 1 N–H and O–H groups in total. The van der Waals surface area contributed by atoms with Crippen LogP contribution in [0.4, 0.5) is 0 Å². The number of hydrogen-bond acceptors (Lipinski definition) is 3. The number of likely N-dealkylation sites (N-methyl/N-ethyl adjacent to an activating group) is 1. The Kier molecular flexibility index (Phi) is 5.06. The summed E-state index contributed by atoms with van der Waals surface area (Å²) in [6.45, 7) is 15.0. The first-order chi connectivity index (χ1) is 10.9. The minimum atomic E-state index is -0.0748. The van der Waals surface area contributed by atoms with Crippen LogP contribution in [-0.2, 0) is 17.3 Å². The smallest absolute Gasteiger partial charge is 0.123 e. The molecule has 0 atom stereocenters. The van der Waals surface area contributed by atoms with Gasteiger partial charge in [-0.2, -0.15) is 0 Å². The molecule has 0 bridgehead atoms. The maximum Gasteiger partial charge on any atom is 0.123 e. The van der Waals surface area contributed by atoms with E-state index in [1.165, 1.54) is 11.1 Å². The van der Waals surface area contributed by atoms with Gasteiger partial charge in [0.2, 0.25) is 0 Å². The van der Waals surface area contributed by atoms with Gasteiger partial charge in [0.15, 0.2) is 0 Å². The van der Waals surface area contributed by atoms with E-state index < -0.39 is 0 Å². The standard InChI is InChI=1S/C21H34N2O/c1-20(2,3)17-10-15(11-18(19(17)24)21(4,5)6)9-16-12-22(7)14-23(8)13-16/h10-12,24H,9,13-14H2,1-8H3. The van der Waals surface area contributed by atoms with Gasteiger partial charge in [-0.15, -0.1) is 0 Å². The zero-order valence-electron chi connectivity index (χ0n) is 16.7. The fourth-order valence-corrected chi connectivity index (χ4v) is 3.47. The molecule has 0 saturated heterocycles. The van der Waals surface area contributed by atoms with E-state index in [4.69, 9.17) is 0 Å². The summed E-state index contributed by atoms with van der Waals surface area (Å²) in [4.78, 5) is 4.56. The molecule has 1 aliphatic rings. The molecule has 0 aromatic heterocycles. The molecule has 0 spiro atoms. The highest BCUT2D eigenvalue weighted by Crippen LogP contribution is 2.40. The van der Waals surface area contributed by atoms with Gasteiger partial charge in [-0.1, -0.05) is 53.7 Å². The van der Waals surface area contributed by atoms with Crippen molar-refractivity contribution in [1.82, 2.24) is 9.80 Å². The van der Waals surface area contributed by atoms with Crippen molar-refractivity contribution < 1.29 is 5.11 Å². The van der Waals surface area contributed by atoms with E-state index in [1.807, 2.05) is 0 Å². The molecule has 1 aromatic carbocycles. The Hall–Kier alpha value is -1.48. The predicted molar refractivity (Wildman–Crippen MR) is 103 cm³/mol. The Morgan fingerprint density at radius 3 is 1.88 bits per heavy atom. The molecule has 0 fully saturated rings. The number of phenolic OH excluding ortho intramolecular Hbond substituents is 1. The zero-order valence-corrected chi connectivity index (χ0v) is 16.7. The third-order valence-electron chi connectivity index (χ3n) is 4.56. The van der Waals surface area contributed by atoms with Gasteiger partial charge in [0, 0.05) is 19.8 Å². The van der Waals surface area contributed by atoms with E-state index in [1.54, 1.807) is 0 Å². The molecular weight excluding hydrogens is 296 g/mol. The van der Waals surface area contributed by atoms with Crippen LogP contribution in [0, 0.1) is 0 Å². The predicted octanol–water partition coefficient (Wildman–Crippen LogP) is 4.25. The van der Waals surface area contributed by atoms with Crippen LogP contribution in [0.2, 0.25) is 0 Å². The Bertz CT molecular complexity index is 597. The van der Waals surface area contributed by atoms with Crippen molar-refractivity contribution in [3.8, 4) is 5.75 Å². The van der Waals surface area contributed by atoms with Crippen molar-refractivity contribution in [1.29, 1.82) is 0 Å². The Morgan fingerprint density at radius 2 is 1.46 bits per heavy atom. The molecule has 3 nitrogen and oxygen atoms in total. The molecule has 134 valence electrons. The maximum absolute atomic E-state index is 10.8. The minimum Gasteiger partial charge on any atom is -0.507 e. The quantitative estimate of drug-likeness (QED) is 0.878. The van der Waals surface area contributed by atoms with Crippen LogP contribution >= 0.6 is 0 Å². The number of nitrogens with zero attached hydrogens (tertiary/aromatic N) is 2. The first-order valence-corrected chi connectivity index (χ1v) is 8.83. The molecule has 3 heteroatoms. The van der Waals surface area contributed by atoms with E-state index in [0.29, 0.717) is 5.75 Å². The number of hydrogen-bond donors (Lipinski definition) is 1. The summed E-state index contributed by atoms with van der Waals surface area (Å²) in [5, 5.41) is 10.8. The average molecular weight is 331 g/mol. The molecule has 1 heterocycles. The fourth-order valence-electron chi connectivity index (χ4n) is 3.47. The van der Waals surface area contributed by atoms with Crippen molar-refractivity contribution in [3.63, 3.8) is 0 Å². The first-order valence-electron chi connectivity index (χ1n) is 8.83. The molecule has 1 aromatic rings. The lowest BCUT2D eigenvalue weighted by molar-refractivity contribution is 0.219. The van der Waals surface area contributed by atoms with Gasteiger partial charge >= 0.3 is 0 Å². The number of aromatic hydroxyl groups is 1. The molecular formula is C21H34N2O. The molecule has 0 unspecified atom stereocenters. The van der Waals surface area contributed by atoms with Gasteiger partial charge in [0.25, 0.3) is 0 Å². The van der Waals surface area contributed by atoms with Crippen molar-refractivity contribution in [2.75, 3.05) is 27.3 Å². The summed E-state index contributed by atoms with van der Waals surface area (Å²) in [6.07, 6.45) is 3.20. The maximum atomic E-state index is 10.8. The zero-order chi connectivity index (χ0) is 18.3. The fraction of sp³-hybridized carbons (Fsp3) is 0.619. The third kappa shape index (κ3) is 4.32. The van der Waals surface area contributed by atoms with Gasteiger partial charge in [-0.05, 0) is 46.6 Å². The molecule has 2 rings (SSSR count). The molecule has 0 saturated carbocycles.